The second kappa shape index (κ2) is 7.06. The van der Waals surface area contributed by atoms with Crippen LogP contribution in [0.1, 0.15) is 18.9 Å². The van der Waals surface area contributed by atoms with Gasteiger partial charge in [-0.15, -0.1) is 11.3 Å². The Labute approximate surface area is 114 Å². The summed E-state index contributed by atoms with van der Waals surface area (Å²) < 4.78 is 1.17. The molecule has 7 heteroatoms. The van der Waals surface area contributed by atoms with Crippen LogP contribution in [0.15, 0.2) is 6.07 Å². The third-order valence-corrected chi connectivity index (χ3v) is 3.78. The van der Waals surface area contributed by atoms with Crippen LogP contribution in [0.4, 0.5) is 4.79 Å². The number of nitrogens with one attached hydrogen (secondary N) is 2. The highest BCUT2D eigenvalue weighted by atomic mass is 35.5. The number of carbonyl (C=O) groups is 1. The van der Waals surface area contributed by atoms with Gasteiger partial charge in [-0.3, -0.25) is 0 Å². The van der Waals surface area contributed by atoms with E-state index in [1.54, 1.807) is 6.07 Å². The highest BCUT2D eigenvalue weighted by Crippen LogP contribution is 2.30. The minimum Gasteiger partial charge on any atom is -0.394 e. The van der Waals surface area contributed by atoms with Crippen LogP contribution >= 0.6 is 34.5 Å². The first-order valence-electron chi connectivity index (χ1n) is 5.15. The third-order valence-electron chi connectivity index (χ3n) is 2.22. The first kappa shape index (κ1) is 14.6. The Hall–Kier alpha value is -0.490. The quantitative estimate of drug-likeness (QED) is 0.782. The molecule has 0 saturated carbocycles. The molecule has 0 saturated heterocycles. The van der Waals surface area contributed by atoms with Gasteiger partial charge in [0.05, 0.1) is 21.3 Å². The van der Waals surface area contributed by atoms with E-state index in [4.69, 9.17) is 28.3 Å². The Morgan fingerprint density at radius 2 is 2.29 bits per heavy atom. The minimum absolute atomic E-state index is 0.0744. The highest BCUT2D eigenvalue weighted by molar-refractivity contribution is 7.20. The summed E-state index contributed by atoms with van der Waals surface area (Å²) in [4.78, 5) is 11.5. The molecule has 96 valence electrons. The maximum Gasteiger partial charge on any atom is 0.315 e. The first-order valence-corrected chi connectivity index (χ1v) is 6.73. The zero-order chi connectivity index (χ0) is 12.8. The van der Waals surface area contributed by atoms with Crippen molar-refractivity contribution in [2.75, 3.05) is 6.61 Å². The lowest BCUT2D eigenvalue weighted by molar-refractivity contribution is 0.214. The van der Waals surface area contributed by atoms with Crippen molar-refractivity contribution in [1.82, 2.24) is 10.6 Å². The predicted molar refractivity (Wildman–Crippen MR) is 70.9 cm³/mol. The van der Waals surface area contributed by atoms with Gasteiger partial charge in [0.15, 0.2) is 0 Å². The molecule has 0 fully saturated rings. The standard InChI is InChI=1S/C10H14Cl2N2O2S/c1-2-7(5-15)14-10(16)13-4-6-3-8(11)17-9(6)12/h3,7,15H,2,4-5H2,1H3,(H2,13,14,16)/t7-/m1/s1. The largest absolute Gasteiger partial charge is 0.394 e. The van der Waals surface area contributed by atoms with Gasteiger partial charge in [-0.1, -0.05) is 30.1 Å². The summed E-state index contributed by atoms with van der Waals surface area (Å²) in [6.45, 7) is 2.13. The SMILES string of the molecule is CC[C@H](CO)NC(=O)NCc1cc(Cl)sc1Cl. The van der Waals surface area contributed by atoms with Crippen molar-refractivity contribution in [3.8, 4) is 0 Å². The smallest absolute Gasteiger partial charge is 0.315 e. The number of thiophene rings is 1. The molecule has 1 aromatic heterocycles. The molecule has 1 aromatic rings. The van der Waals surface area contributed by atoms with Gasteiger partial charge < -0.3 is 15.7 Å². The average molecular weight is 297 g/mol. The van der Waals surface area contributed by atoms with Crippen LogP contribution in [0.25, 0.3) is 0 Å². The molecule has 1 heterocycles. The van der Waals surface area contributed by atoms with Gasteiger partial charge in [-0.25, -0.2) is 4.79 Å². The van der Waals surface area contributed by atoms with Crippen LogP contribution in [0.5, 0.6) is 0 Å². The van der Waals surface area contributed by atoms with Crippen molar-refractivity contribution >= 4 is 40.6 Å². The fourth-order valence-corrected chi connectivity index (χ4v) is 2.67. The fourth-order valence-electron chi connectivity index (χ4n) is 1.18. The van der Waals surface area contributed by atoms with Gasteiger partial charge in [-0.05, 0) is 12.5 Å². The summed E-state index contributed by atoms with van der Waals surface area (Å²) >= 11 is 13.0. The number of aliphatic hydroxyl groups excluding tert-OH is 1. The molecule has 4 nitrogen and oxygen atoms in total. The van der Waals surface area contributed by atoms with Gasteiger partial charge in [0.1, 0.15) is 0 Å². The molecule has 0 aliphatic heterocycles. The molecular formula is C10H14Cl2N2O2S. The van der Waals surface area contributed by atoms with Crippen molar-refractivity contribution in [3.63, 3.8) is 0 Å². The van der Waals surface area contributed by atoms with Crippen molar-refractivity contribution in [2.45, 2.75) is 25.9 Å². The molecule has 17 heavy (non-hydrogen) atoms. The molecule has 0 spiro atoms. The Balaban J connectivity index is 2.40. The maximum absolute atomic E-state index is 11.5. The monoisotopic (exact) mass is 296 g/mol. The van der Waals surface area contributed by atoms with E-state index in [0.717, 1.165) is 5.56 Å². The zero-order valence-electron chi connectivity index (χ0n) is 9.30. The maximum atomic E-state index is 11.5. The molecule has 1 atom stereocenters. The lowest BCUT2D eigenvalue weighted by atomic mass is 10.2. The van der Waals surface area contributed by atoms with E-state index < -0.39 is 0 Å². The first-order chi connectivity index (χ1) is 8.06. The molecule has 2 amide bonds. The van der Waals surface area contributed by atoms with Crippen LogP contribution < -0.4 is 10.6 Å². The number of rotatable bonds is 5. The van der Waals surface area contributed by atoms with E-state index in [-0.39, 0.29) is 18.7 Å². The van der Waals surface area contributed by atoms with E-state index in [1.807, 2.05) is 6.92 Å². The molecule has 0 aliphatic rings. The number of urea groups is 1. The summed E-state index contributed by atoms with van der Waals surface area (Å²) in [5.41, 5.74) is 0.786. The number of halogens is 2. The predicted octanol–water partition coefficient (Wildman–Crippen LogP) is 2.62. The molecular weight excluding hydrogens is 283 g/mol. The second-order valence-electron chi connectivity index (χ2n) is 3.46. The number of carbonyl (C=O) groups excluding carboxylic acids is 1. The Morgan fingerprint density at radius 3 is 2.76 bits per heavy atom. The normalized spacial score (nSPS) is 12.2. The van der Waals surface area contributed by atoms with E-state index >= 15 is 0 Å². The molecule has 3 N–H and O–H groups in total. The fraction of sp³-hybridized carbons (Fsp3) is 0.500. The Kier molecular flexibility index (Phi) is 6.05. The molecule has 1 rings (SSSR count). The van der Waals surface area contributed by atoms with Crippen molar-refractivity contribution < 1.29 is 9.90 Å². The van der Waals surface area contributed by atoms with E-state index in [0.29, 0.717) is 21.6 Å². The highest BCUT2D eigenvalue weighted by Gasteiger charge is 2.10. The summed E-state index contributed by atoms with van der Waals surface area (Å²) in [7, 11) is 0. The molecule has 0 bridgehead atoms. The topological polar surface area (TPSA) is 61.4 Å². The minimum atomic E-state index is -0.329. The number of hydrogen-bond acceptors (Lipinski definition) is 3. The van der Waals surface area contributed by atoms with Gasteiger partial charge in [0.25, 0.3) is 0 Å². The number of amides is 2. The van der Waals surface area contributed by atoms with Crippen molar-refractivity contribution in [1.29, 1.82) is 0 Å². The van der Waals surface area contributed by atoms with Crippen LogP contribution in [0.3, 0.4) is 0 Å². The van der Waals surface area contributed by atoms with Gasteiger partial charge in [0, 0.05) is 12.1 Å². The summed E-state index contributed by atoms with van der Waals surface area (Å²) in [5, 5.41) is 14.2. The molecule has 0 radical (unpaired) electrons. The Bertz CT molecular complexity index is 380. The van der Waals surface area contributed by atoms with Crippen molar-refractivity contribution in [2.24, 2.45) is 0 Å². The van der Waals surface area contributed by atoms with Crippen LogP contribution in [-0.4, -0.2) is 23.8 Å². The zero-order valence-corrected chi connectivity index (χ0v) is 11.6. The lowest BCUT2D eigenvalue weighted by Crippen LogP contribution is -2.43. The second-order valence-corrected chi connectivity index (χ2v) is 5.75. The van der Waals surface area contributed by atoms with Crippen LogP contribution in [0, 0.1) is 0 Å². The summed E-state index contributed by atoms with van der Waals surface area (Å²) in [6, 6.07) is 1.17. The molecule has 0 aliphatic carbocycles. The van der Waals surface area contributed by atoms with Gasteiger partial charge >= 0.3 is 6.03 Å². The van der Waals surface area contributed by atoms with Crippen molar-refractivity contribution in [3.05, 3.63) is 20.3 Å². The van der Waals surface area contributed by atoms with Crippen LogP contribution in [-0.2, 0) is 6.54 Å². The van der Waals surface area contributed by atoms with E-state index in [2.05, 4.69) is 10.6 Å². The van der Waals surface area contributed by atoms with E-state index in [9.17, 15) is 4.79 Å². The summed E-state index contributed by atoms with van der Waals surface area (Å²) in [6.07, 6.45) is 0.676. The van der Waals surface area contributed by atoms with Crippen LogP contribution in [0.2, 0.25) is 8.67 Å². The lowest BCUT2D eigenvalue weighted by Gasteiger charge is -2.14. The van der Waals surface area contributed by atoms with Gasteiger partial charge in [-0.2, -0.15) is 0 Å². The number of aliphatic hydroxyl groups is 1. The average Bonchev–Trinajstić information content (AvgIpc) is 2.62. The molecule has 0 unspecified atom stereocenters. The number of hydrogen-bond donors (Lipinski definition) is 3. The molecule has 0 aromatic carbocycles. The Morgan fingerprint density at radius 1 is 1.59 bits per heavy atom. The van der Waals surface area contributed by atoms with Gasteiger partial charge in [0.2, 0.25) is 0 Å². The summed E-state index contributed by atoms with van der Waals surface area (Å²) in [5.74, 6) is 0. The van der Waals surface area contributed by atoms with E-state index in [1.165, 1.54) is 11.3 Å². The third kappa shape index (κ3) is 4.71.